The Morgan fingerprint density at radius 3 is 2.14 bits per heavy atom. The lowest BCUT2D eigenvalue weighted by Crippen LogP contribution is -2.09. The molecule has 0 fully saturated rings. The van der Waals surface area contributed by atoms with Crippen molar-refractivity contribution in [3.63, 3.8) is 0 Å². The lowest BCUT2D eigenvalue weighted by molar-refractivity contribution is -0.139. The van der Waals surface area contributed by atoms with Gasteiger partial charge >= 0.3 is 5.97 Å². The van der Waals surface area contributed by atoms with Crippen molar-refractivity contribution in [2.75, 3.05) is 14.2 Å². The monoisotopic (exact) mass is 300 g/mol. The van der Waals surface area contributed by atoms with Gasteiger partial charge in [0, 0.05) is 5.56 Å². The highest BCUT2D eigenvalue weighted by atomic mass is 16.5. The zero-order chi connectivity index (χ0) is 15.9. The van der Waals surface area contributed by atoms with Crippen LogP contribution in [0.3, 0.4) is 0 Å². The molecule has 0 aromatic heterocycles. The maximum absolute atomic E-state index is 11.8. The third kappa shape index (κ3) is 3.85. The number of carbonyl (C=O) groups is 2. The summed E-state index contributed by atoms with van der Waals surface area (Å²) in [6, 6.07) is 13.8. The first-order chi connectivity index (χ1) is 10.6. The minimum absolute atomic E-state index is 0.275. The number of ether oxygens (including phenoxy) is 3. The molecule has 0 aliphatic carbocycles. The van der Waals surface area contributed by atoms with E-state index in [0.29, 0.717) is 22.8 Å². The summed E-state index contributed by atoms with van der Waals surface area (Å²) in [7, 11) is 2.82. The topological polar surface area (TPSA) is 61.8 Å². The maximum atomic E-state index is 11.8. The molecule has 0 aliphatic heterocycles. The fraction of sp³-hybridized carbons (Fsp3) is 0.176. The first kappa shape index (κ1) is 15.6. The van der Waals surface area contributed by atoms with Gasteiger partial charge in [0.05, 0.1) is 14.2 Å². The maximum Gasteiger partial charge on any atom is 0.313 e. The van der Waals surface area contributed by atoms with Gasteiger partial charge in [-0.15, -0.1) is 0 Å². The van der Waals surface area contributed by atoms with E-state index in [-0.39, 0.29) is 12.2 Å². The molecule has 2 aromatic rings. The van der Waals surface area contributed by atoms with Gasteiger partial charge in [-0.3, -0.25) is 9.59 Å². The highest BCUT2D eigenvalue weighted by molar-refractivity contribution is 6.05. The van der Waals surface area contributed by atoms with Gasteiger partial charge in [-0.1, -0.05) is 12.1 Å². The van der Waals surface area contributed by atoms with E-state index in [1.54, 1.807) is 43.5 Å². The van der Waals surface area contributed by atoms with Crippen LogP contribution in [0.5, 0.6) is 17.2 Å². The molecule has 0 amide bonds. The van der Waals surface area contributed by atoms with E-state index in [1.807, 2.05) is 12.1 Å². The predicted molar refractivity (Wildman–Crippen MR) is 80.5 cm³/mol. The average Bonchev–Trinajstić information content (AvgIpc) is 2.55. The third-order valence-electron chi connectivity index (χ3n) is 3.01. The van der Waals surface area contributed by atoms with Gasteiger partial charge < -0.3 is 14.2 Å². The van der Waals surface area contributed by atoms with E-state index >= 15 is 0 Å². The predicted octanol–water partition coefficient (Wildman–Crippen LogP) is 3.23. The van der Waals surface area contributed by atoms with Gasteiger partial charge in [0.15, 0.2) is 17.3 Å². The molecule has 0 saturated heterocycles. The van der Waals surface area contributed by atoms with Crippen LogP contribution in [0, 0.1) is 0 Å². The Balaban J connectivity index is 2.09. The normalized spacial score (nSPS) is 9.91. The number of para-hydroxylation sites is 2. The minimum Gasteiger partial charge on any atom is -0.493 e. The molecule has 5 nitrogen and oxygen atoms in total. The molecule has 22 heavy (non-hydrogen) atoms. The molecule has 0 heterocycles. The van der Waals surface area contributed by atoms with Crippen LogP contribution in [0.15, 0.2) is 48.5 Å². The van der Waals surface area contributed by atoms with E-state index in [9.17, 15) is 9.59 Å². The number of benzene rings is 2. The minimum atomic E-state index is -0.556. The van der Waals surface area contributed by atoms with Gasteiger partial charge in [0.2, 0.25) is 0 Å². The van der Waals surface area contributed by atoms with E-state index in [2.05, 4.69) is 4.74 Å². The third-order valence-corrected chi connectivity index (χ3v) is 3.01. The highest BCUT2D eigenvalue weighted by Gasteiger charge is 2.12. The summed E-state index contributed by atoms with van der Waals surface area (Å²) in [5.74, 6) is 0.918. The molecule has 0 saturated carbocycles. The number of ketones is 1. The van der Waals surface area contributed by atoms with Crippen molar-refractivity contribution in [3.8, 4) is 17.2 Å². The summed E-state index contributed by atoms with van der Waals surface area (Å²) in [6.07, 6.45) is -0.275. The summed E-state index contributed by atoms with van der Waals surface area (Å²) >= 11 is 0. The number of esters is 1. The van der Waals surface area contributed by atoms with E-state index in [1.165, 1.54) is 7.11 Å². The molecule has 0 bridgehead atoms. The second-order valence-electron chi connectivity index (χ2n) is 4.45. The second-order valence-corrected chi connectivity index (χ2v) is 4.45. The van der Waals surface area contributed by atoms with E-state index in [4.69, 9.17) is 9.47 Å². The Hall–Kier alpha value is -2.82. The summed E-state index contributed by atoms with van der Waals surface area (Å²) in [5, 5.41) is 0. The van der Waals surface area contributed by atoms with Gasteiger partial charge in [0.25, 0.3) is 0 Å². The van der Waals surface area contributed by atoms with E-state index in [0.717, 1.165) is 0 Å². The first-order valence-electron chi connectivity index (χ1n) is 6.65. The molecule has 0 radical (unpaired) electrons. The average molecular weight is 300 g/mol. The van der Waals surface area contributed by atoms with Gasteiger partial charge in [-0.2, -0.15) is 0 Å². The summed E-state index contributed by atoms with van der Waals surface area (Å²) in [4.78, 5) is 22.9. The largest absolute Gasteiger partial charge is 0.493 e. The van der Waals surface area contributed by atoms with Crippen LogP contribution in [0.25, 0.3) is 0 Å². The zero-order valence-electron chi connectivity index (χ0n) is 12.4. The summed E-state index contributed by atoms with van der Waals surface area (Å²) in [5.41, 5.74) is 0.428. The number of hydrogen-bond acceptors (Lipinski definition) is 5. The molecule has 0 aliphatic rings. The van der Waals surface area contributed by atoms with E-state index < -0.39 is 5.97 Å². The molecule has 0 atom stereocenters. The van der Waals surface area contributed by atoms with Crippen molar-refractivity contribution in [1.29, 1.82) is 0 Å². The van der Waals surface area contributed by atoms with Crippen LogP contribution in [0.1, 0.15) is 16.8 Å². The van der Waals surface area contributed by atoms with Crippen molar-refractivity contribution in [2.24, 2.45) is 0 Å². The van der Waals surface area contributed by atoms with Crippen LogP contribution in [-0.4, -0.2) is 26.0 Å². The summed E-state index contributed by atoms with van der Waals surface area (Å²) in [6.45, 7) is 0. The lowest BCUT2D eigenvalue weighted by atomic mass is 10.1. The van der Waals surface area contributed by atoms with Crippen LogP contribution in [0.2, 0.25) is 0 Å². The number of hydrogen-bond donors (Lipinski definition) is 0. The van der Waals surface area contributed by atoms with Gasteiger partial charge in [-0.25, -0.2) is 0 Å². The van der Waals surface area contributed by atoms with Crippen molar-refractivity contribution in [3.05, 3.63) is 54.1 Å². The smallest absolute Gasteiger partial charge is 0.313 e. The lowest BCUT2D eigenvalue weighted by Gasteiger charge is -2.10. The Labute approximate surface area is 128 Å². The van der Waals surface area contributed by atoms with Crippen LogP contribution in [0.4, 0.5) is 0 Å². The Morgan fingerprint density at radius 1 is 0.909 bits per heavy atom. The van der Waals surface area contributed by atoms with Crippen molar-refractivity contribution < 1.29 is 23.8 Å². The van der Waals surface area contributed by atoms with Gasteiger partial charge in [0.1, 0.15) is 12.2 Å². The highest BCUT2D eigenvalue weighted by Crippen LogP contribution is 2.30. The first-order valence-corrected chi connectivity index (χ1v) is 6.65. The number of methoxy groups -OCH3 is 2. The standard InChI is InChI=1S/C17H16O5/c1-20-15-5-3-4-6-16(15)22-13-9-7-12(8-10-13)14(18)11-17(19)21-2/h3-10H,11H2,1-2H3. The van der Waals surface area contributed by atoms with Crippen LogP contribution < -0.4 is 9.47 Å². The van der Waals surface area contributed by atoms with Crippen LogP contribution in [-0.2, 0) is 9.53 Å². The fourth-order valence-corrected chi connectivity index (χ4v) is 1.84. The molecule has 0 unspecified atom stereocenters. The molecule has 5 heteroatoms. The molecule has 2 aromatic carbocycles. The number of carbonyl (C=O) groups excluding carboxylic acids is 2. The molecule has 0 spiro atoms. The SMILES string of the molecule is COC(=O)CC(=O)c1ccc(Oc2ccccc2OC)cc1. The Bertz CT molecular complexity index is 661. The number of Topliss-reactive ketones (excluding diaryl/α,β-unsaturated/α-hetero) is 1. The van der Waals surface area contributed by atoms with Crippen molar-refractivity contribution in [2.45, 2.75) is 6.42 Å². The summed E-state index contributed by atoms with van der Waals surface area (Å²) < 4.78 is 15.4. The van der Waals surface area contributed by atoms with Crippen molar-refractivity contribution >= 4 is 11.8 Å². The quantitative estimate of drug-likeness (QED) is 0.465. The number of rotatable bonds is 6. The molecular formula is C17H16O5. The molecule has 0 N–H and O–H groups in total. The Kier molecular flexibility index (Phi) is 5.14. The molecular weight excluding hydrogens is 284 g/mol. The fourth-order valence-electron chi connectivity index (χ4n) is 1.84. The molecule has 2 rings (SSSR count). The Morgan fingerprint density at radius 2 is 1.55 bits per heavy atom. The van der Waals surface area contributed by atoms with Crippen molar-refractivity contribution in [1.82, 2.24) is 0 Å². The molecule has 114 valence electrons. The zero-order valence-corrected chi connectivity index (χ0v) is 12.4. The van der Waals surface area contributed by atoms with Gasteiger partial charge in [-0.05, 0) is 36.4 Å². The second kappa shape index (κ2) is 7.26. The van der Waals surface area contributed by atoms with Crippen LogP contribution >= 0.6 is 0 Å².